The summed E-state index contributed by atoms with van der Waals surface area (Å²) in [5.74, 6) is -0.652. The Morgan fingerprint density at radius 1 is 1.53 bits per heavy atom. The first-order chi connectivity index (χ1) is 7.00. The third-order valence-corrected chi connectivity index (χ3v) is 2.47. The second kappa shape index (κ2) is 5.37. The van der Waals surface area contributed by atoms with Gasteiger partial charge in [-0.1, -0.05) is 15.9 Å². The van der Waals surface area contributed by atoms with E-state index in [9.17, 15) is 9.18 Å². The second-order valence-electron chi connectivity index (χ2n) is 3.41. The van der Waals surface area contributed by atoms with Gasteiger partial charge < -0.3 is 4.74 Å². The van der Waals surface area contributed by atoms with Gasteiger partial charge in [-0.3, -0.25) is 4.79 Å². The van der Waals surface area contributed by atoms with Crippen molar-refractivity contribution in [1.82, 2.24) is 0 Å². The van der Waals surface area contributed by atoms with Crippen molar-refractivity contribution in [2.75, 3.05) is 6.61 Å². The van der Waals surface area contributed by atoms with Crippen LogP contribution in [-0.2, 0) is 4.74 Å². The first-order valence-electron chi connectivity index (χ1n) is 4.60. The smallest absolute Gasteiger partial charge is 0.189 e. The number of ether oxygens (including phenoxy) is 1. The molecule has 0 fully saturated rings. The second-order valence-corrected chi connectivity index (χ2v) is 4.26. The minimum absolute atomic E-state index is 0.0127. The number of carbonyl (C=O) groups excluding carboxylic acids is 1. The molecular weight excluding hydrogens is 263 g/mol. The monoisotopic (exact) mass is 274 g/mol. The Balaban J connectivity index is 2.77. The van der Waals surface area contributed by atoms with Gasteiger partial charge in [-0.05, 0) is 32.0 Å². The molecule has 0 radical (unpaired) electrons. The molecule has 1 rings (SSSR count). The number of rotatable bonds is 4. The summed E-state index contributed by atoms with van der Waals surface area (Å²) >= 11 is 3.20. The molecule has 1 aromatic rings. The molecule has 15 heavy (non-hydrogen) atoms. The molecule has 1 aromatic carbocycles. The number of benzene rings is 1. The molecule has 2 nitrogen and oxygen atoms in total. The predicted molar refractivity (Wildman–Crippen MR) is 59.5 cm³/mol. The van der Waals surface area contributed by atoms with E-state index in [1.54, 1.807) is 0 Å². The summed E-state index contributed by atoms with van der Waals surface area (Å²) in [5, 5.41) is 0. The SMILES string of the molecule is CC(C)OCC(=O)c1cc(F)ccc1Br. The summed E-state index contributed by atoms with van der Waals surface area (Å²) in [6, 6.07) is 4.01. The molecule has 0 unspecified atom stereocenters. The molecule has 0 amide bonds. The fourth-order valence-corrected chi connectivity index (χ4v) is 1.50. The van der Waals surface area contributed by atoms with Crippen LogP contribution >= 0.6 is 15.9 Å². The Hall–Kier alpha value is -0.740. The van der Waals surface area contributed by atoms with E-state index in [-0.39, 0.29) is 18.5 Å². The van der Waals surface area contributed by atoms with Gasteiger partial charge in [0.1, 0.15) is 12.4 Å². The van der Waals surface area contributed by atoms with Crippen molar-refractivity contribution < 1.29 is 13.9 Å². The van der Waals surface area contributed by atoms with E-state index in [0.717, 1.165) is 0 Å². The van der Waals surface area contributed by atoms with Crippen LogP contribution < -0.4 is 0 Å². The van der Waals surface area contributed by atoms with E-state index in [1.165, 1.54) is 18.2 Å². The quantitative estimate of drug-likeness (QED) is 0.789. The molecule has 0 saturated carbocycles. The number of carbonyl (C=O) groups is 1. The van der Waals surface area contributed by atoms with Gasteiger partial charge in [0.25, 0.3) is 0 Å². The fraction of sp³-hybridized carbons (Fsp3) is 0.364. The van der Waals surface area contributed by atoms with Gasteiger partial charge in [0, 0.05) is 10.0 Å². The maximum atomic E-state index is 12.9. The van der Waals surface area contributed by atoms with Crippen molar-refractivity contribution in [3.63, 3.8) is 0 Å². The third kappa shape index (κ3) is 3.72. The summed E-state index contributed by atoms with van der Waals surface area (Å²) in [4.78, 5) is 11.6. The molecule has 0 bridgehead atoms. The van der Waals surface area contributed by atoms with Gasteiger partial charge >= 0.3 is 0 Å². The summed E-state index contributed by atoms with van der Waals surface area (Å²) in [6.07, 6.45) is -0.0127. The highest BCUT2D eigenvalue weighted by atomic mass is 79.9. The number of Topliss-reactive ketones (excluding diaryl/α,β-unsaturated/α-hetero) is 1. The van der Waals surface area contributed by atoms with E-state index < -0.39 is 5.82 Å². The highest BCUT2D eigenvalue weighted by molar-refractivity contribution is 9.10. The van der Waals surface area contributed by atoms with Gasteiger partial charge in [0.05, 0.1) is 6.10 Å². The lowest BCUT2D eigenvalue weighted by molar-refractivity contribution is 0.0584. The molecule has 0 N–H and O–H groups in total. The van der Waals surface area contributed by atoms with Gasteiger partial charge in [-0.2, -0.15) is 0 Å². The molecule has 0 heterocycles. The third-order valence-electron chi connectivity index (χ3n) is 1.78. The number of ketones is 1. The first kappa shape index (κ1) is 12.3. The molecule has 0 aliphatic heterocycles. The Morgan fingerprint density at radius 2 is 2.20 bits per heavy atom. The van der Waals surface area contributed by atoms with Crippen LogP contribution in [0.25, 0.3) is 0 Å². The Labute approximate surface area is 96.6 Å². The maximum absolute atomic E-state index is 12.9. The standard InChI is InChI=1S/C11H12BrFO2/c1-7(2)15-6-11(14)9-5-8(13)3-4-10(9)12/h3-5,7H,6H2,1-2H3. The van der Waals surface area contributed by atoms with E-state index in [2.05, 4.69) is 15.9 Å². The van der Waals surface area contributed by atoms with Crippen LogP contribution in [0.1, 0.15) is 24.2 Å². The molecule has 82 valence electrons. The summed E-state index contributed by atoms with van der Waals surface area (Å²) in [6.45, 7) is 3.65. The number of hydrogen-bond donors (Lipinski definition) is 0. The lowest BCUT2D eigenvalue weighted by Crippen LogP contribution is -2.14. The van der Waals surface area contributed by atoms with Crippen molar-refractivity contribution in [2.45, 2.75) is 20.0 Å². The largest absolute Gasteiger partial charge is 0.371 e. The molecule has 0 aliphatic carbocycles. The van der Waals surface area contributed by atoms with Crippen LogP contribution in [0.4, 0.5) is 4.39 Å². The normalized spacial score (nSPS) is 10.7. The van der Waals surface area contributed by atoms with Crippen LogP contribution in [0.3, 0.4) is 0 Å². The van der Waals surface area contributed by atoms with Crippen LogP contribution in [0.15, 0.2) is 22.7 Å². The Morgan fingerprint density at radius 3 is 2.80 bits per heavy atom. The van der Waals surface area contributed by atoms with Crippen molar-refractivity contribution >= 4 is 21.7 Å². The van der Waals surface area contributed by atoms with E-state index in [4.69, 9.17) is 4.74 Å². The Bertz CT molecular complexity index is 364. The van der Waals surface area contributed by atoms with Crippen LogP contribution in [0.2, 0.25) is 0 Å². The average Bonchev–Trinajstić information content (AvgIpc) is 2.18. The molecule has 0 spiro atoms. The van der Waals surface area contributed by atoms with Gasteiger partial charge in [0.2, 0.25) is 0 Å². The van der Waals surface area contributed by atoms with Gasteiger partial charge in [0.15, 0.2) is 5.78 Å². The fourth-order valence-electron chi connectivity index (χ4n) is 1.03. The van der Waals surface area contributed by atoms with Gasteiger partial charge in [-0.25, -0.2) is 4.39 Å². The topological polar surface area (TPSA) is 26.3 Å². The maximum Gasteiger partial charge on any atom is 0.189 e. The lowest BCUT2D eigenvalue weighted by atomic mass is 10.1. The molecule has 0 aromatic heterocycles. The van der Waals surface area contributed by atoms with Crippen molar-refractivity contribution in [3.05, 3.63) is 34.1 Å². The summed E-state index contributed by atoms with van der Waals surface area (Å²) in [7, 11) is 0. The average molecular weight is 275 g/mol. The van der Waals surface area contributed by atoms with Crippen molar-refractivity contribution in [2.24, 2.45) is 0 Å². The minimum Gasteiger partial charge on any atom is -0.371 e. The minimum atomic E-state index is -0.425. The van der Waals surface area contributed by atoms with Crippen LogP contribution in [-0.4, -0.2) is 18.5 Å². The van der Waals surface area contributed by atoms with Crippen molar-refractivity contribution in [1.29, 1.82) is 0 Å². The zero-order valence-electron chi connectivity index (χ0n) is 8.59. The lowest BCUT2D eigenvalue weighted by Gasteiger charge is -2.07. The highest BCUT2D eigenvalue weighted by Gasteiger charge is 2.11. The summed E-state index contributed by atoms with van der Waals surface area (Å²) < 4.78 is 18.6. The van der Waals surface area contributed by atoms with Gasteiger partial charge in [-0.15, -0.1) is 0 Å². The summed E-state index contributed by atoms with van der Waals surface area (Å²) in [5.41, 5.74) is 0.315. The predicted octanol–water partition coefficient (Wildman–Crippen LogP) is 3.20. The zero-order valence-corrected chi connectivity index (χ0v) is 10.2. The first-order valence-corrected chi connectivity index (χ1v) is 5.40. The number of halogens is 2. The van der Waals surface area contributed by atoms with Crippen molar-refractivity contribution in [3.8, 4) is 0 Å². The highest BCUT2D eigenvalue weighted by Crippen LogP contribution is 2.18. The van der Waals surface area contributed by atoms with E-state index >= 15 is 0 Å². The zero-order chi connectivity index (χ0) is 11.4. The molecule has 4 heteroatoms. The van der Waals surface area contributed by atoms with Crippen LogP contribution in [0, 0.1) is 5.82 Å². The van der Waals surface area contributed by atoms with Crippen LogP contribution in [0.5, 0.6) is 0 Å². The molecular formula is C11H12BrFO2. The Kier molecular flexibility index (Phi) is 4.42. The molecule has 0 atom stereocenters. The van der Waals surface area contributed by atoms with E-state index in [1.807, 2.05) is 13.8 Å². The molecule has 0 aliphatic rings. The number of hydrogen-bond acceptors (Lipinski definition) is 2. The van der Waals surface area contributed by atoms with E-state index in [0.29, 0.717) is 10.0 Å². The molecule has 0 saturated heterocycles.